The molecule has 11 heteroatoms. The summed E-state index contributed by atoms with van der Waals surface area (Å²) in [6.45, 7) is 3.30. The molecule has 10 nitrogen and oxygen atoms in total. The number of rotatable bonds is 9. The quantitative estimate of drug-likeness (QED) is 0.483. The number of hydrogen-bond donors (Lipinski definition) is 1. The number of aromatic nitrogens is 1. The number of carbonyl (C=O) groups excluding carboxylic acids is 1. The van der Waals surface area contributed by atoms with E-state index < -0.39 is 32.8 Å². The lowest BCUT2D eigenvalue weighted by molar-refractivity contribution is -0.384. The number of nitro groups is 1. The van der Waals surface area contributed by atoms with E-state index in [1.165, 1.54) is 13.3 Å². The second-order valence-corrected chi connectivity index (χ2v) is 8.41. The zero-order valence-electron chi connectivity index (χ0n) is 16.2. The molecule has 0 bridgehead atoms. The minimum absolute atomic E-state index is 0.118. The zero-order valence-corrected chi connectivity index (χ0v) is 17.0. The number of hydroxylamine groups is 1. The Kier molecular flexibility index (Phi) is 7.37. The van der Waals surface area contributed by atoms with Crippen LogP contribution in [0.15, 0.2) is 53.7 Å². The molecule has 0 saturated carbocycles. The van der Waals surface area contributed by atoms with Gasteiger partial charge in [-0.2, -0.15) is 4.31 Å². The largest absolute Gasteiger partial charge is 0.277 e. The van der Waals surface area contributed by atoms with E-state index >= 15 is 0 Å². The molecule has 0 unspecified atom stereocenters. The molecule has 0 saturated heterocycles. The first-order valence-corrected chi connectivity index (χ1v) is 10.1. The molecular weight excluding hydrogens is 399 g/mol. The standard InChI is InChI=1S/C18H22N4O6S/c1-13(2)17(18(23)20-28-3)21(12-14-5-4-10-19-11-14)29(26,27)16-8-6-15(7-9-16)22(24)25/h4-11,13,17H,12H2,1-3H3,(H,20,23)/t17-/m1/s1/i3-1. The fourth-order valence-electron chi connectivity index (χ4n) is 2.81. The fraction of sp³-hybridized carbons (Fsp3) is 0.333. The van der Waals surface area contributed by atoms with E-state index in [1.807, 2.05) is 0 Å². The average molecular weight is 421 g/mol. The van der Waals surface area contributed by atoms with Crippen molar-refractivity contribution in [1.29, 1.82) is 0 Å². The van der Waals surface area contributed by atoms with E-state index in [0.717, 1.165) is 28.6 Å². The van der Waals surface area contributed by atoms with Gasteiger partial charge in [-0.05, 0) is 29.7 Å². The van der Waals surface area contributed by atoms with Crippen molar-refractivity contribution in [2.24, 2.45) is 5.92 Å². The average Bonchev–Trinajstić information content (AvgIpc) is 2.68. The fourth-order valence-corrected chi connectivity index (χ4v) is 4.51. The van der Waals surface area contributed by atoms with Crippen molar-refractivity contribution >= 4 is 21.6 Å². The van der Waals surface area contributed by atoms with Crippen molar-refractivity contribution < 1.29 is 23.0 Å². The van der Waals surface area contributed by atoms with Crippen molar-refractivity contribution in [3.05, 3.63) is 64.5 Å². The molecule has 0 aliphatic rings. The molecule has 0 spiro atoms. The van der Waals surface area contributed by atoms with Gasteiger partial charge in [-0.25, -0.2) is 13.9 Å². The maximum absolute atomic E-state index is 13.4. The van der Waals surface area contributed by atoms with Gasteiger partial charge >= 0.3 is 0 Å². The van der Waals surface area contributed by atoms with E-state index in [-0.39, 0.29) is 17.1 Å². The predicted octanol–water partition coefficient (Wildman–Crippen LogP) is 1.88. The monoisotopic (exact) mass is 421 g/mol. The second kappa shape index (κ2) is 9.54. The number of benzene rings is 1. The lowest BCUT2D eigenvalue weighted by Gasteiger charge is -2.32. The molecule has 2 aromatic rings. The summed E-state index contributed by atoms with van der Waals surface area (Å²) in [5, 5.41) is 10.9. The summed E-state index contributed by atoms with van der Waals surface area (Å²) in [5.41, 5.74) is 2.53. The number of sulfonamides is 1. The molecule has 2 rings (SSSR count). The molecule has 0 radical (unpaired) electrons. The molecule has 1 aromatic carbocycles. The van der Waals surface area contributed by atoms with Gasteiger partial charge in [0.15, 0.2) is 0 Å². The lowest BCUT2D eigenvalue weighted by Crippen LogP contribution is -2.51. The number of hydrogen-bond acceptors (Lipinski definition) is 7. The molecule has 1 heterocycles. The highest BCUT2D eigenvalue weighted by Gasteiger charge is 2.38. The molecule has 1 amide bonds. The number of nitrogens with zero attached hydrogens (tertiary/aromatic N) is 3. The number of carbonyl (C=O) groups is 1. The maximum atomic E-state index is 13.4. The molecule has 1 N–H and O–H groups in total. The Morgan fingerprint density at radius 2 is 1.93 bits per heavy atom. The molecule has 29 heavy (non-hydrogen) atoms. The van der Waals surface area contributed by atoms with Crippen LogP contribution in [0.4, 0.5) is 5.69 Å². The van der Waals surface area contributed by atoms with Crippen molar-refractivity contribution in [1.82, 2.24) is 14.8 Å². The van der Waals surface area contributed by atoms with E-state index in [0.29, 0.717) is 5.56 Å². The van der Waals surface area contributed by atoms with Gasteiger partial charge in [0.05, 0.1) is 16.9 Å². The summed E-state index contributed by atoms with van der Waals surface area (Å²) in [6, 6.07) is 6.77. The number of pyridine rings is 1. The summed E-state index contributed by atoms with van der Waals surface area (Å²) < 4.78 is 27.8. The molecule has 0 aliphatic carbocycles. The third kappa shape index (κ3) is 5.34. The SMILES string of the molecule is CC(C)[C@H](C(=O)NO[11CH3])N(Cc1cccnc1)S(=O)(=O)c1ccc([N+](=O)[O-])cc1. The minimum atomic E-state index is -4.18. The third-order valence-electron chi connectivity index (χ3n) is 4.13. The summed E-state index contributed by atoms with van der Waals surface area (Å²) >= 11 is 0. The highest BCUT2D eigenvalue weighted by Crippen LogP contribution is 2.26. The third-order valence-corrected chi connectivity index (χ3v) is 5.97. The Morgan fingerprint density at radius 3 is 2.41 bits per heavy atom. The Balaban J connectivity index is 2.54. The Hall–Kier alpha value is -2.89. The van der Waals surface area contributed by atoms with Crippen LogP contribution >= 0.6 is 0 Å². The van der Waals surface area contributed by atoms with Gasteiger partial charge in [0.2, 0.25) is 10.0 Å². The molecule has 1 aromatic heterocycles. The van der Waals surface area contributed by atoms with Crippen LogP contribution in [0.25, 0.3) is 0 Å². The zero-order chi connectivity index (χ0) is 21.6. The molecule has 0 fully saturated rings. The summed E-state index contributed by atoms with van der Waals surface area (Å²) in [7, 11) is -2.93. The van der Waals surface area contributed by atoms with E-state index in [2.05, 4.69) is 15.3 Å². The maximum Gasteiger partial charge on any atom is 0.269 e. The summed E-state index contributed by atoms with van der Waals surface area (Å²) in [6.07, 6.45) is 3.06. The lowest BCUT2D eigenvalue weighted by atomic mass is 10.0. The van der Waals surface area contributed by atoms with Crippen LogP contribution < -0.4 is 5.48 Å². The van der Waals surface area contributed by atoms with Gasteiger partial charge in [0.25, 0.3) is 11.6 Å². The predicted molar refractivity (Wildman–Crippen MR) is 104 cm³/mol. The Bertz CT molecular complexity index is 948. The first-order chi connectivity index (χ1) is 13.7. The topological polar surface area (TPSA) is 132 Å². The van der Waals surface area contributed by atoms with Gasteiger partial charge in [-0.15, -0.1) is 0 Å². The van der Waals surface area contributed by atoms with Crippen molar-refractivity contribution in [3.63, 3.8) is 0 Å². The van der Waals surface area contributed by atoms with Crippen LogP contribution in [-0.4, -0.2) is 41.7 Å². The van der Waals surface area contributed by atoms with E-state index in [1.54, 1.807) is 32.2 Å². The van der Waals surface area contributed by atoms with E-state index in [4.69, 9.17) is 0 Å². The van der Waals surface area contributed by atoms with Crippen LogP contribution in [0.3, 0.4) is 0 Å². The van der Waals surface area contributed by atoms with Crippen molar-refractivity contribution in [2.45, 2.75) is 31.3 Å². The smallest absolute Gasteiger partial charge is 0.269 e. The number of amides is 1. The number of non-ortho nitro benzene ring substituents is 1. The molecule has 156 valence electrons. The van der Waals surface area contributed by atoms with Crippen molar-refractivity contribution in [3.8, 4) is 0 Å². The Labute approximate surface area is 168 Å². The van der Waals surface area contributed by atoms with Crippen LogP contribution in [0, 0.1) is 16.0 Å². The minimum Gasteiger partial charge on any atom is -0.277 e. The van der Waals surface area contributed by atoms with Crippen LogP contribution in [0.2, 0.25) is 0 Å². The highest BCUT2D eigenvalue weighted by molar-refractivity contribution is 7.89. The van der Waals surface area contributed by atoms with Crippen LogP contribution in [-0.2, 0) is 26.2 Å². The number of nitro benzene ring substituents is 1. The molecular formula is C18H22N4O6S. The van der Waals surface area contributed by atoms with E-state index in [9.17, 15) is 23.3 Å². The summed E-state index contributed by atoms with van der Waals surface area (Å²) in [4.78, 5) is 31.4. The van der Waals surface area contributed by atoms with Gasteiger partial charge in [0.1, 0.15) is 6.04 Å². The van der Waals surface area contributed by atoms with Gasteiger partial charge in [-0.1, -0.05) is 19.9 Å². The molecule has 0 aliphatic heterocycles. The van der Waals surface area contributed by atoms with Crippen molar-refractivity contribution in [2.75, 3.05) is 7.11 Å². The normalized spacial score (nSPS) is 12.7. The highest BCUT2D eigenvalue weighted by atomic mass is 32.2. The first-order valence-electron chi connectivity index (χ1n) is 8.66. The second-order valence-electron chi connectivity index (χ2n) is 6.52. The van der Waals surface area contributed by atoms with Gasteiger partial charge in [-0.3, -0.25) is 24.7 Å². The number of nitrogens with one attached hydrogen (secondary N) is 1. The molecule has 1 atom stereocenters. The summed E-state index contributed by atoms with van der Waals surface area (Å²) in [5.74, 6) is -1.02. The van der Waals surface area contributed by atoms with Crippen LogP contribution in [0.5, 0.6) is 0 Å². The Morgan fingerprint density at radius 1 is 1.28 bits per heavy atom. The van der Waals surface area contributed by atoms with Gasteiger partial charge < -0.3 is 0 Å². The first kappa shape index (κ1) is 22.4. The van der Waals surface area contributed by atoms with Crippen LogP contribution in [0.1, 0.15) is 19.4 Å². The van der Waals surface area contributed by atoms with Gasteiger partial charge in [0, 0.05) is 31.1 Å².